The Morgan fingerprint density at radius 2 is 1.64 bits per heavy atom. The van der Waals surface area contributed by atoms with Crippen LogP contribution in [0.2, 0.25) is 0 Å². The van der Waals surface area contributed by atoms with Gasteiger partial charge in [0.1, 0.15) is 13.2 Å². The molecule has 0 fully saturated rings. The summed E-state index contributed by atoms with van der Waals surface area (Å²) >= 11 is 0. The summed E-state index contributed by atoms with van der Waals surface area (Å²) in [6, 6.07) is 9.54. The van der Waals surface area contributed by atoms with Gasteiger partial charge in [-0.15, -0.1) is 0 Å². The van der Waals surface area contributed by atoms with E-state index in [4.69, 9.17) is 18.9 Å². The molecule has 3 rings (SSSR count). The minimum absolute atomic E-state index is 0.125. The van der Waals surface area contributed by atoms with Crippen molar-refractivity contribution >= 4 is 10.0 Å². The fourth-order valence-electron chi connectivity index (χ4n) is 2.90. The molecule has 2 aromatic carbocycles. The highest BCUT2D eigenvalue weighted by atomic mass is 32.2. The number of nitrogens with one attached hydrogen (secondary N) is 1. The normalized spacial score (nSPS) is 14.4. The van der Waals surface area contributed by atoms with Crippen LogP contribution in [-0.4, -0.2) is 34.8 Å². The third-order valence-electron chi connectivity index (χ3n) is 4.22. The zero-order valence-electron chi connectivity index (χ0n) is 16.2. The van der Waals surface area contributed by atoms with Gasteiger partial charge in [-0.1, -0.05) is 6.07 Å². The fourth-order valence-corrected chi connectivity index (χ4v) is 4.14. The molecular formula is C20H25NO6S. The minimum Gasteiger partial charge on any atom is -0.490 e. The van der Waals surface area contributed by atoms with Gasteiger partial charge in [0.25, 0.3) is 0 Å². The number of benzene rings is 2. The van der Waals surface area contributed by atoms with Gasteiger partial charge in [-0.2, -0.15) is 0 Å². The van der Waals surface area contributed by atoms with Gasteiger partial charge in [0, 0.05) is 12.1 Å². The number of sulfonamides is 1. The molecule has 0 spiro atoms. The quantitative estimate of drug-likeness (QED) is 0.723. The molecule has 0 radical (unpaired) electrons. The first-order valence-electron chi connectivity index (χ1n) is 9.26. The van der Waals surface area contributed by atoms with E-state index in [1.807, 2.05) is 19.9 Å². The zero-order valence-corrected chi connectivity index (χ0v) is 17.0. The van der Waals surface area contributed by atoms with Gasteiger partial charge in [-0.05, 0) is 50.6 Å². The molecule has 1 heterocycles. The molecule has 1 atom stereocenters. The summed E-state index contributed by atoms with van der Waals surface area (Å²) < 4.78 is 50.4. The Hall–Kier alpha value is -2.45. The monoisotopic (exact) mass is 407 g/mol. The van der Waals surface area contributed by atoms with E-state index >= 15 is 0 Å². The van der Waals surface area contributed by atoms with Crippen LogP contribution in [0.15, 0.2) is 41.3 Å². The van der Waals surface area contributed by atoms with Crippen LogP contribution in [0.4, 0.5) is 0 Å². The van der Waals surface area contributed by atoms with E-state index in [9.17, 15) is 8.42 Å². The van der Waals surface area contributed by atoms with Crippen molar-refractivity contribution in [1.29, 1.82) is 0 Å². The molecule has 0 aromatic heterocycles. The van der Waals surface area contributed by atoms with E-state index in [1.165, 1.54) is 12.1 Å². The molecule has 28 heavy (non-hydrogen) atoms. The van der Waals surface area contributed by atoms with Gasteiger partial charge in [-0.3, -0.25) is 0 Å². The average molecular weight is 407 g/mol. The smallest absolute Gasteiger partial charge is 0.241 e. The Labute approximate surface area is 165 Å². The number of hydrogen-bond donors (Lipinski definition) is 1. The Balaban J connectivity index is 1.81. The molecule has 1 N–H and O–H groups in total. The van der Waals surface area contributed by atoms with Crippen molar-refractivity contribution in [3.8, 4) is 23.0 Å². The predicted molar refractivity (Wildman–Crippen MR) is 105 cm³/mol. The van der Waals surface area contributed by atoms with E-state index in [0.29, 0.717) is 49.4 Å². The molecule has 0 aliphatic carbocycles. The zero-order chi connectivity index (χ0) is 20.1. The van der Waals surface area contributed by atoms with Crippen LogP contribution in [0.1, 0.15) is 32.4 Å². The van der Waals surface area contributed by atoms with E-state index in [-0.39, 0.29) is 4.90 Å². The first-order chi connectivity index (χ1) is 13.4. The van der Waals surface area contributed by atoms with Gasteiger partial charge in [0.2, 0.25) is 10.0 Å². The highest BCUT2D eigenvalue weighted by Crippen LogP contribution is 2.34. The van der Waals surface area contributed by atoms with Gasteiger partial charge in [-0.25, -0.2) is 13.1 Å². The maximum absolute atomic E-state index is 12.8. The second-order valence-corrected chi connectivity index (χ2v) is 7.93. The maximum Gasteiger partial charge on any atom is 0.241 e. The summed E-state index contributed by atoms with van der Waals surface area (Å²) in [7, 11) is -3.74. The van der Waals surface area contributed by atoms with Crippen LogP contribution >= 0.6 is 0 Å². The summed E-state index contributed by atoms with van der Waals surface area (Å²) in [6.07, 6.45) is 0. The van der Waals surface area contributed by atoms with Crippen molar-refractivity contribution in [3.05, 3.63) is 42.0 Å². The standard InChI is InChI=1S/C20H25NO6S/c1-4-24-17-8-6-15(12-19(17)25-5-2)14(3)21-28(22,23)16-7-9-18-20(13-16)27-11-10-26-18/h6-9,12-14,21H,4-5,10-11H2,1-3H3/t14-/m1/s1. The van der Waals surface area contributed by atoms with Gasteiger partial charge in [0.15, 0.2) is 23.0 Å². The topological polar surface area (TPSA) is 83.1 Å². The minimum atomic E-state index is -3.74. The Kier molecular flexibility index (Phi) is 6.31. The van der Waals surface area contributed by atoms with Crippen molar-refractivity contribution < 1.29 is 27.4 Å². The van der Waals surface area contributed by atoms with Crippen LogP contribution in [0.5, 0.6) is 23.0 Å². The molecule has 0 unspecified atom stereocenters. The van der Waals surface area contributed by atoms with Crippen LogP contribution < -0.4 is 23.7 Å². The molecule has 0 saturated carbocycles. The average Bonchev–Trinajstić information content (AvgIpc) is 2.69. The Bertz CT molecular complexity index is 928. The van der Waals surface area contributed by atoms with Crippen LogP contribution in [-0.2, 0) is 10.0 Å². The SMILES string of the molecule is CCOc1ccc([C@@H](C)NS(=O)(=O)c2ccc3c(c2)OCCO3)cc1OCC. The molecule has 152 valence electrons. The molecule has 0 amide bonds. The second-order valence-electron chi connectivity index (χ2n) is 6.22. The number of hydrogen-bond acceptors (Lipinski definition) is 6. The van der Waals surface area contributed by atoms with Crippen LogP contribution in [0.25, 0.3) is 0 Å². The predicted octanol–water partition coefficient (Wildman–Crippen LogP) is 3.29. The number of rotatable bonds is 8. The number of ether oxygens (including phenoxy) is 4. The lowest BCUT2D eigenvalue weighted by Gasteiger charge is -2.20. The lowest BCUT2D eigenvalue weighted by atomic mass is 10.1. The van der Waals surface area contributed by atoms with Gasteiger partial charge < -0.3 is 18.9 Å². The lowest BCUT2D eigenvalue weighted by molar-refractivity contribution is 0.171. The molecular weight excluding hydrogens is 382 g/mol. The molecule has 0 bridgehead atoms. The molecule has 8 heteroatoms. The van der Waals surface area contributed by atoms with Crippen molar-refractivity contribution in [1.82, 2.24) is 4.72 Å². The molecule has 1 aliphatic heterocycles. The first kappa shape index (κ1) is 20.3. The summed E-state index contributed by atoms with van der Waals surface area (Å²) in [5.74, 6) is 2.20. The van der Waals surface area contributed by atoms with Crippen molar-refractivity contribution in [2.75, 3.05) is 26.4 Å². The molecule has 1 aliphatic rings. The Morgan fingerprint density at radius 3 is 2.36 bits per heavy atom. The largest absolute Gasteiger partial charge is 0.490 e. The van der Waals surface area contributed by atoms with Crippen molar-refractivity contribution in [3.63, 3.8) is 0 Å². The number of fused-ring (bicyclic) bond motifs is 1. The highest BCUT2D eigenvalue weighted by Gasteiger charge is 2.22. The van der Waals surface area contributed by atoms with Crippen molar-refractivity contribution in [2.45, 2.75) is 31.7 Å². The maximum atomic E-state index is 12.8. The molecule has 0 saturated heterocycles. The van der Waals surface area contributed by atoms with Gasteiger partial charge >= 0.3 is 0 Å². The van der Waals surface area contributed by atoms with E-state index in [2.05, 4.69) is 4.72 Å². The third-order valence-corrected chi connectivity index (χ3v) is 5.76. The molecule has 7 nitrogen and oxygen atoms in total. The van der Waals surface area contributed by atoms with Crippen molar-refractivity contribution in [2.24, 2.45) is 0 Å². The van der Waals surface area contributed by atoms with E-state index in [1.54, 1.807) is 25.1 Å². The summed E-state index contributed by atoms with van der Waals surface area (Å²) in [5.41, 5.74) is 0.771. The fraction of sp³-hybridized carbons (Fsp3) is 0.400. The lowest BCUT2D eigenvalue weighted by Crippen LogP contribution is -2.27. The first-order valence-corrected chi connectivity index (χ1v) is 10.7. The van der Waals surface area contributed by atoms with E-state index < -0.39 is 16.1 Å². The Morgan fingerprint density at radius 1 is 0.964 bits per heavy atom. The second kappa shape index (κ2) is 8.70. The van der Waals surface area contributed by atoms with E-state index in [0.717, 1.165) is 5.56 Å². The summed E-state index contributed by atoms with van der Waals surface area (Å²) in [5, 5.41) is 0. The van der Waals surface area contributed by atoms with Crippen LogP contribution in [0.3, 0.4) is 0 Å². The van der Waals surface area contributed by atoms with Crippen LogP contribution in [0, 0.1) is 0 Å². The summed E-state index contributed by atoms with van der Waals surface area (Å²) in [6.45, 7) is 7.42. The third kappa shape index (κ3) is 4.51. The summed E-state index contributed by atoms with van der Waals surface area (Å²) in [4.78, 5) is 0.125. The highest BCUT2D eigenvalue weighted by molar-refractivity contribution is 7.89. The molecule has 2 aromatic rings. The van der Waals surface area contributed by atoms with Gasteiger partial charge in [0.05, 0.1) is 18.1 Å².